The molecule has 136 valence electrons. The summed E-state index contributed by atoms with van der Waals surface area (Å²) in [4.78, 5) is 24.6. The summed E-state index contributed by atoms with van der Waals surface area (Å²) in [5.41, 5.74) is 1.75. The molecule has 27 heavy (non-hydrogen) atoms. The van der Waals surface area contributed by atoms with Gasteiger partial charge in [-0.1, -0.05) is 30.3 Å². The van der Waals surface area contributed by atoms with E-state index in [1.54, 1.807) is 48.5 Å². The van der Waals surface area contributed by atoms with Crippen LogP contribution in [0.2, 0.25) is 0 Å². The molecule has 7 heteroatoms. The summed E-state index contributed by atoms with van der Waals surface area (Å²) in [7, 11) is 0. The molecule has 0 saturated heterocycles. The molecule has 3 aromatic carbocycles. The number of carbonyl (C=O) groups excluding carboxylic acids is 2. The summed E-state index contributed by atoms with van der Waals surface area (Å²) >= 11 is 3.36. The highest BCUT2D eigenvalue weighted by atomic mass is 79.9. The summed E-state index contributed by atoms with van der Waals surface area (Å²) in [5.74, 6) is -0.417. The molecule has 6 nitrogen and oxygen atoms in total. The molecule has 0 aliphatic rings. The van der Waals surface area contributed by atoms with Crippen molar-refractivity contribution in [3.8, 4) is 5.75 Å². The third-order valence-electron chi connectivity index (χ3n) is 3.66. The predicted molar refractivity (Wildman–Crippen MR) is 109 cm³/mol. The number of hydrogen-bond donors (Lipinski definition) is 4. The van der Waals surface area contributed by atoms with Crippen LogP contribution in [0, 0.1) is 0 Å². The molecular weight excluding hydrogens is 410 g/mol. The molecule has 0 bridgehead atoms. The smallest absolute Gasteiger partial charge is 0.323 e. The predicted octanol–water partition coefficient (Wildman–Crippen LogP) is 5.05. The highest BCUT2D eigenvalue weighted by molar-refractivity contribution is 9.10. The molecule has 3 rings (SSSR count). The first kappa shape index (κ1) is 18.5. The minimum atomic E-state index is -0.430. The van der Waals surface area contributed by atoms with Crippen molar-refractivity contribution in [3.05, 3.63) is 82.8 Å². The molecule has 0 fully saturated rings. The zero-order valence-corrected chi connectivity index (χ0v) is 15.7. The Bertz CT molecular complexity index is 991. The van der Waals surface area contributed by atoms with Crippen LogP contribution in [0.5, 0.6) is 5.75 Å². The summed E-state index contributed by atoms with van der Waals surface area (Å²) in [6.07, 6.45) is 0. The van der Waals surface area contributed by atoms with E-state index in [4.69, 9.17) is 0 Å². The Kier molecular flexibility index (Phi) is 5.73. The quantitative estimate of drug-likeness (QED) is 0.440. The SMILES string of the molecule is O=C(Nc1cccc(C(=O)Nc2ccccc2O)c1)Nc1ccccc1Br. The van der Waals surface area contributed by atoms with Crippen molar-refractivity contribution in [2.45, 2.75) is 0 Å². The van der Waals surface area contributed by atoms with E-state index in [1.165, 1.54) is 6.07 Å². The number of hydrogen-bond acceptors (Lipinski definition) is 3. The molecule has 0 aromatic heterocycles. The van der Waals surface area contributed by atoms with Crippen molar-refractivity contribution in [1.82, 2.24) is 0 Å². The zero-order valence-electron chi connectivity index (χ0n) is 14.1. The maximum atomic E-state index is 12.4. The first-order chi connectivity index (χ1) is 13.0. The van der Waals surface area contributed by atoms with Crippen molar-refractivity contribution in [3.63, 3.8) is 0 Å². The second-order valence-corrected chi connectivity index (χ2v) is 6.47. The highest BCUT2D eigenvalue weighted by Gasteiger charge is 2.11. The van der Waals surface area contributed by atoms with Gasteiger partial charge in [-0.05, 0) is 58.4 Å². The van der Waals surface area contributed by atoms with Crippen LogP contribution in [0.4, 0.5) is 21.9 Å². The molecule has 0 aliphatic carbocycles. The second kappa shape index (κ2) is 8.37. The lowest BCUT2D eigenvalue weighted by Crippen LogP contribution is -2.20. The summed E-state index contributed by atoms with van der Waals surface area (Å²) in [5, 5.41) is 17.8. The van der Waals surface area contributed by atoms with Gasteiger partial charge in [0, 0.05) is 15.7 Å². The Hall–Kier alpha value is -3.32. The van der Waals surface area contributed by atoms with Gasteiger partial charge in [0.05, 0.1) is 11.4 Å². The molecule has 0 unspecified atom stereocenters. The summed E-state index contributed by atoms with van der Waals surface area (Å²) in [6.45, 7) is 0. The van der Waals surface area contributed by atoms with E-state index in [2.05, 4.69) is 31.9 Å². The molecule has 0 atom stereocenters. The monoisotopic (exact) mass is 425 g/mol. The molecule has 0 aliphatic heterocycles. The van der Waals surface area contributed by atoms with Crippen molar-refractivity contribution in [2.75, 3.05) is 16.0 Å². The fourth-order valence-electron chi connectivity index (χ4n) is 2.36. The fraction of sp³-hybridized carbons (Fsp3) is 0. The second-order valence-electron chi connectivity index (χ2n) is 5.61. The average Bonchev–Trinajstić information content (AvgIpc) is 2.65. The van der Waals surface area contributed by atoms with Crippen LogP contribution in [-0.4, -0.2) is 17.0 Å². The normalized spacial score (nSPS) is 10.1. The maximum Gasteiger partial charge on any atom is 0.323 e. The summed E-state index contributed by atoms with van der Waals surface area (Å²) < 4.78 is 0.760. The van der Waals surface area contributed by atoms with Gasteiger partial charge in [0.1, 0.15) is 5.75 Å². The van der Waals surface area contributed by atoms with E-state index < -0.39 is 11.9 Å². The van der Waals surface area contributed by atoms with Gasteiger partial charge in [0.15, 0.2) is 0 Å². The maximum absolute atomic E-state index is 12.4. The number of para-hydroxylation sites is 3. The Morgan fingerprint density at radius 1 is 0.778 bits per heavy atom. The molecule has 3 aromatic rings. The van der Waals surface area contributed by atoms with E-state index in [0.717, 1.165) is 4.47 Å². The van der Waals surface area contributed by atoms with E-state index in [0.29, 0.717) is 22.6 Å². The highest BCUT2D eigenvalue weighted by Crippen LogP contribution is 2.23. The first-order valence-electron chi connectivity index (χ1n) is 8.05. The van der Waals surface area contributed by atoms with E-state index in [9.17, 15) is 14.7 Å². The number of aromatic hydroxyl groups is 1. The van der Waals surface area contributed by atoms with Crippen LogP contribution < -0.4 is 16.0 Å². The molecule has 0 spiro atoms. The van der Waals surface area contributed by atoms with E-state index in [-0.39, 0.29) is 5.75 Å². The number of carbonyl (C=O) groups is 2. The van der Waals surface area contributed by atoms with Gasteiger partial charge in [-0.3, -0.25) is 4.79 Å². The van der Waals surface area contributed by atoms with Crippen LogP contribution in [0.25, 0.3) is 0 Å². The largest absolute Gasteiger partial charge is 0.506 e. The standard InChI is InChI=1S/C20H16BrN3O3/c21-15-8-1-2-9-16(15)24-20(27)22-14-7-5-6-13(12-14)19(26)23-17-10-3-4-11-18(17)25/h1-12,25H,(H,23,26)(H2,22,24,27). The number of rotatable bonds is 4. The number of benzene rings is 3. The third-order valence-corrected chi connectivity index (χ3v) is 4.35. The van der Waals surface area contributed by atoms with Gasteiger partial charge >= 0.3 is 6.03 Å². The molecule has 0 saturated carbocycles. The lowest BCUT2D eigenvalue weighted by atomic mass is 10.2. The van der Waals surface area contributed by atoms with Gasteiger partial charge in [-0.2, -0.15) is 0 Å². The Morgan fingerprint density at radius 3 is 2.22 bits per heavy atom. The lowest BCUT2D eigenvalue weighted by molar-refractivity contribution is 0.102. The molecule has 0 heterocycles. The lowest BCUT2D eigenvalue weighted by Gasteiger charge is -2.11. The van der Waals surface area contributed by atoms with Crippen LogP contribution in [0.15, 0.2) is 77.3 Å². The Labute approximate surface area is 164 Å². The van der Waals surface area contributed by atoms with E-state index in [1.807, 2.05) is 18.2 Å². The van der Waals surface area contributed by atoms with Crippen LogP contribution >= 0.6 is 15.9 Å². The third kappa shape index (κ3) is 4.86. The minimum Gasteiger partial charge on any atom is -0.506 e. The number of phenols is 1. The number of nitrogens with one attached hydrogen (secondary N) is 3. The fourth-order valence-corrected chi connectivity index (χ4v) is 2.74. The van der Waals surface area contributed by atoms with Gasteiger partial charge in [0.25, 0.3) is 5.91 Å². The Balaban J connectivity index is 1.68. The molecular formula is C20H16BrN3O3. The number of phenolic OH excluding ortho intramolecular Hbond substituents is 1. The first-order valence-corrected chi connectivity index (χ1v) is 8.84. The van der Waals surface area contributed by atoms with Crippen molar-refractivity contribution < 1.29 is 14.7 Å². The topological polar surface area (TPSA) is 90.5 Å². The van der Waals surface area contributed by atoms with Gasteiger partial charge in [0.2, 0.25) is 0 Å². The Morgan fingerprint density at radius 2 is 1.48 bits per heavy atom. The molecule has 3 amide bonds. The average molecular weight is 426 g/mol. The number of amides is 3. The number of halogens is 1. The number of anilines is 3. The van der Waals surface area contributed by atoms with Crippen molar-refractivity contribution in [1.29, 1.82) is 0 Å². The van der Waals surface area contributed by atoms with Gasteiger partial charge < -0.3 is 21.1 Å². The minimum absolute atomic E-state index is 0.0204. The van der Waals surface area contributed by atoms with Gasteiger partial charge in [-0.15, -0.1) is 0 Å². The van der Waals surface area contributed by atoms with Crippen molar-refractivity contribution in [2.24, 2.45) is 0 Å². The zero-order chi connectivity index (χ0) is 19.2. The summed E-state index contributed by atoms with van der Waals surface area (Å²) in [6, 6.07) is 19.8. The van der Waals surface area contributed by atoms with Crippen LogP contribution in [0.3, 0.4) is 0 Å². The van der Waals surface area contributed by atoms with Crippen LogP contribution in [0.1, 0.15) is 10.4 Å². The number of urea groups is 1. The van der Waals surface area contributed by atoms with E-state index >= 15 is 0 Å². The van der Waals surface area contributed by atoms with Gasteiger partial charge in [-0.25, -0.2) is 4.79 Å². The molecule has 4 N–H and O–H groups in total. The van der Waals surface area contributed by atoms with Crippen LogP contribution in [-0.2, 0) is 0 Å². The van der Waals surface area contributed by atoms with Crippen molar-refractivity contribution >= 4 is 44.9 Å². The molecule has 0 radical (unpaired) electrons.